The highest BCUT2D eigenvalue weighted by Crippen LogP contribution is 2.37. The van der Waals surface area contributed by atoms with Crippen molar-refractivity contribution in [3.63, 3.8) is 0 Å². The van der Waals surface area contributed by atoms with Crippen LogP contribution in [0.5, 0.6) is 11.5 Å². The third-order valence-electron chi connectivity index (χ3n) is 5.37. The Morgan fingerprint density at radius 1 is 1.12 bits per heavy atom. The van der Waals surface area contributed by atoms with Crippen LogP contribution in [0.4, 0.5) is 5.69 Å². The summed E-state index contributed by atoms with van der Waals surface area (Å²) >= 11 is 6.73. The maximum Gasteiger partial charge on any atom is 0.270 e. The Morgan fingerprint density at radius 3 is 2.56 bits per heavy atom. The molecule has 4 rings (SSSR count). The fourth-order valence-corrected chi connectivity index (χ4v) is 4.88. The van der Waals surface area contributed by atoms with Crippen LogP contribution in [0.1, 0.15) is 18.1 Å². The van der Waals surface area contributed by atoms with Crippen LogP contribution in [0, 0.1) is 6.92 Å². The van der Waals surface area contributed by atoms with E-state index < -0.39 is 0 Å². The number of aryl methyl sites for hydroxylation is 1. The van der Waals surface area contributed by atoms with Gasteiger partial charge in [0.1, 0.15) is 0 Å². The van der Waals surface area contributed by atoms with Gasteiger partial charge in [-0.3, -0.25) is 14.5 Å². The first kappa shape index (κ1) is 24.3. The summed E-state index contributed by atoms with van der Waals surface area (Å²) in [6.45, 7) is 6.46. The molecule has 0 atom stereocenters. The van der Waals surface area contributed by atoms with Crippen molar-refractivity contribution in [2.75, 3.05) is 44.4 Å². The summed E-state index contributed by atoms with van der Waals surface area (Å²) in [5.74, 6) is 0.746. The summed E-state index contributed by atoms with van der Waals surface area (Å²) in [4.78, 5) is 29.3. The number of anilines is 1. The van der Waals surface area contributed by atoms with Crippen LogP contribution in [0.15, 0.2) is 47.4 Å². The fourth-order valence-electron chi connectivity index (χ4n) is 3.58. The van der Waals surface area contributed by atoms with E-state index in [0.717, 1.165) is 16.8 Å². The highest BCUT2D eigenvalue weighted by atomic mass is 32.2. The lowest BCUT2D eigenvalue weighted by molar-refractivity contribution is -0.137. The molecule has 2 heterocycles. The molecule has 0 saturated carbocycles. The number of thiocarbonyl (C=S) groups is 1. The topological polar surface area (TPSA) is 68.3 Å². The Kier molecular flexibility index (Phi) is 7.87. The number of carbonyl (C=O) groups excluding carboxylic acids is 2. The molecule has 0 unspecified atom stereocenters. The average molecular weight is 499 g/mol. The van der Waals surface area contributed by atoms with Crippen molar-refractivity contribution in [3.05, 3.63) is 58.5 Å². The van der Waals surface area contributed by atoms with Gasteiger partial charge in [0.25, 0.3) is 11.8 Å². The lowest BCUT2D eigenvalue weighted by atomic mass is 10.1. The number of carbonyl (C=O) groups is 2. The van der Waals surface area contributed by atoms with Crippen LogP contribution in [-0.2, 0) is 14.3 Å². The number of hydrogen-bond donors (Lipinski definition) is 0. The molecule has 0 bridgehead atoms. The first-order valence-corrected chi connectivity index (χ1v) is 12.3. The van der Waals surface area contributed by atoms with Crippen LogP contribution < -0.4 is 14.4 Å². The Balaban J connectivity index is 1.49. The number of benzene rings is 2. The van der Waals surface area contributed by atoms with Gasteiger partial charge in [0.2, 0.25) is 0 Å². The minimum atomic E-state index is -0.159. The minimum Gasteiger partial charge on any atom is -0.490 e. The standard InChI is InChI=1S/C25H26N2O5S2/c1-3-31-21-14-18(6-9-20(21)32-16-23(28)26-10-12-30-13-11-26)15-22-24(29)27(25(33)34-22)19-7-4-17(2)5-8-19/h4-9,14-15H,3,10-13,16H2,1-2H3/b22-15+. The summed E-state index contributed by atoms with van der Waals surface area (Å²) in [6.07, 6.45) is 1.79. The zero-order valence-corrected chi connectivity index (χ0v) is 20.7. The van der Waals surface area contributed by atoms with E-state index in [2.05, 4.69) is 0 Å². The Labute approximate surface area is 208 Å². The van der Waals surface area contributed by atoms with Crippen LogP contribution in [0.25, 0.3) is 6.08 Å². The number of morpholine rings is 1. The van der Waals surface area contributed by atoms with Gasteiger partial charge in [-0.2, -0.15) is 0 Å². The van der Waals surface area contributed by atoms with Crippen molar-refractivity contribution in [2.45, 2.75) is 13.8 Å². The van der Waals surface area contributed by atoms with Crippen molar-refractivity contribution >= 4 is 51.9 Å². The molecule has 2 aliphatic rings. The van der Waals surface area contributed by atoms with Crippen LogP contribution >= 0.6 is 24.0 Å². The number of rotatable bonds is 7. The van der Waals surface area contributed by atoms with Crippen molar-refractivity contribution in [2.24, 2.45) is 0 Å². The van der Waals surface area contributed by atoms with Crippen molar-refractivity contribution in [1.29, 1.82) is 0 Å². The number of nitrogens with zero attached hydrogens (tertiary/aromatic N) is 2. The second-order valence-corrected chi connectivity index (χ2v) is 9.45. The largest absolute Gasteiger partial charge is 0.490 e. The molecule has 178 valence electrons. The molecule has 2 saturated heterocycles. The second-order valence-electron chi connectivity index (χ2n) is 7.77. The molecule has 9 heteroatoms. The highest BCUT2D eigenvalue weighted by Gasteiger charge is 2.33. The van der Waals surface area contributed by atoms with E-state index in [1.165, 1.54) is 11.8 Å². The smallest absolute Gasteiger partial charge is 0.270 e. The molecule has 2 amide bonds. The highest BCUT2D eigenvalue weighted by molar-refractivity contribution is 8.27. The third kappa shape index (κ3) is 5.60. The van der Waals surface area contributed by atoms with Gasteiger partial charge in [-0.15, -0.1) is 0 Å². The summed E-state index contributed by atoms with van der Waals surface area (Å²) in [5, 5.41) is 0. The Hall–Kier alpha value is -2.88. The van der Waals surface area contributed by atoms with Crippen LogP contribution in [0.2, 0.25) is 0 Å². The quantitative estimate of drug-likeness (QED) is 0.422. The molecule has 0 aromatic heterocycles. The van der Waals surface area contributed by atoms with Crippen molar-refractivity contribution in [3.8, 4) is 11.5 Å². The van der Waals surface area contributed by atoms with Gasteiger partial charge < -0.3 is 19.1 Å². The van der Waals surface area contributed by atoms with Crippen LogP contribution in [0.3, 0.4) is 0 Å². The molecule has 0 spiro atoms. The van der Waals surface area contributed by atoms with E-state index in [0.29, 0.717) is 53.6 Å². The normalized spacial score (nSPS) is 17.4. The minimum absolute atomic E-state index is 0.0748. The van der Waals surface area contributed by atoms with E-state index in [9.17, 15) is 9.59 Å². The predicted molar refractivity (Wildman–Crippen MR) is 137 cm³/mol. The number of thioether (sulfide) groups is 1. The monoisotopic (exact) mass is 498 g/mol. The lowest BCUT2D eigenvalue weighted by Crippen LogP contribution is -2.43. The van der Waals surface area contributed by atoms with Gasteiger partial charge in [-0.25, -0.2) is 0 Å². The SMILES string of the molecule is CCOc1cc(/C=C2/SC(=S)N(c3ccc(C)cc3)C2=O)ccc1OCC(=O)N1CCOCC1. The summed E-state index contributed by atoms with van der Waals surface area (Å²) < 4.78 is 17.3. The summed E-state index contributed by atoms with van der Waals surface area (Å²) in [7, 11) is 0. The molecular weight excluding hydrogens is 472 g/mol. The summed E-state index contributed by atoms with van der Waals surface area (Å²) in [6, 6.07) is 13.1. The zero-order valence-electron chi connectivity index (χ0n) is 19.1. The first-order valence-electron chi connectivity index (χ1n) is 11.1. The maximum absolute atomic E-state index is 13.1. The van der Waals surface area contributed by atoms with Gasteiger partial charge in [-0.05, 0) is 49.8 Å². The van der Waals surface area contributed by atoms with Crippen molar-refractivity contribution in [1.82, 2.24) is 4.90 Å². The molecule has 2 aromatic carbocycles. The van der Waals surface area contributed by atoms with Gasteiger partial charge in [0.15, 0.2) is 22.4 Å². The molecule has 2 aliphatic heterocycles. The van der Waals surface area contributed by atoms with Gasteiger partial charge in [0, 0.05) is 13.1 Å². The Bertz CT molecular complexity index is 1110. The van der Waals surface area contributed by atoms with E-state index in [4.69, 9.17) is 26.4 Å². The molecule has 0 aliphatic carbocycles. The van der Waals surface area contributed by atoms with E-state index in [1.807, 2.05) is 44.2 Å². The molecule has 2 fully saturated rings. The number of amides is 2. The lowest BCUT2D eigenvalue weighted by Gasteiger charge is -2.26. The zero-order chi connectivity index (χ0) is 24.1. The van der Waals surface area contributed by atoms with Gasteiger partial charge in [-0.1, -0.05) is 47.7 Å². The van der Waals surface area contributed by atoms with Crippen LogP contribution in [-0.4, -0.2) is 60.6 Å². The molecule has 2 aromatic rings. The van der Waals surface area contributed by atoms with Gasteiger partial charge in [0.05, 0.1) is 30.4 Å². The molecule has 0 radical (unpaired) electrons. The average Bonchev–Trinajstić information content (AvgIpc) is 3.12. The predicted octanol–water partition coefficient (Wildman–Crippen LogP) is 4.04. The van der Waals surface area contributed by atoms with E-state index in [1.54, 1.807) is 28.0 Å². The molecule has 0 N–H and O–H groups in total. The fraction of sp³-hybridized carbons (Fsp3) is 0.320. The first-order chi connectivity index (χ1) is 16.5. The van der Waals surface area contributed by atoms with Gasteiger partial charge >= 0.3 is 0 Å². The van der Waals surface area contributed by atoms with E-state index >= 15 is 0 Å². The molecular formula is C25H26N2O5S2. The maximum atomic E-state index is 13.1. The molecule has 7 nitrogen and oxygen atoms in total. The summed E-state index contributed by atoms with van der Waals surface area (Å²) in [5.41, 5.74) is 2.64. The third-order valence-corrected chi connectivity index (χ3v) is 6.67. The second kappa shape index (κ2) is 11.0. The number of ether oxygens (including phenoxy) is 3. The van der Waals surface area contributed by atoms with Crippen molar-refractivity contribution < 1.29 is 23.8 Å². The molecule has 34 heavy (non-hydrogen) atoms. The number of hydrogen-bond acceptors (Lipinski definition) is 7. The van der Waals surface area contributed by atoms with E-state index in [-0.39, 0.29) is 18.4 Å². The Morgan fingerprint density at radius 2 is 1.85 bits per heavy atom.